The predicted octanol–water partition coefficient (Wildman–Crippen LogP) is 26.7. The maximum atomic E-state index is 14.4. The van der Waals surface area contributed by atoms with Crippen LogP contribution in [0.3, 0.4) is 0 Å². The maximum absolute atomic E-state index is 14.4. The third-order valence-corrected chi connectivity index (χ3v) is 26.1. The van der Waals surface area contributed by atoms with Crippen LogP contribution in [0, 0.1) is 18.8 Å². The van der Waals surface area contributed by atoms with E-state index in [1.807, 2.05) is 48.5 Å². The van der Waals surface area contributed by atoms with E-state index in [1.165, 1.54) is 171 Å². The van der Waals surface area contributed by atoms with Gasteiger partial charge in [-0.3, -0.25) is 9.59 Å². The number of aryl methyl sites for hydroxylation is 2. The fourth-order valence-electron chi connectivity index (χ4n) is 19.4. The molecule has 1 amide bonds. The number of methoxy groups -OCH3 is 1. The molecule has 2 saturated carbocycles. The molecule has 0 bridgehead atoms. The van der Waals surface area contributed by atoms with Gasteiger partial charge in [-0.2, -0.15) is 0 Å². The van der Waals surface area contributed by atoms with E-state index in [-0.39, 0.29) is 11.7 Å². The van der Waals surface area contributed by atoms with Crippen molar-refractivity contribution in [3.8, 4) is 56.0 Å². The van der Waals surface area contributed by atoms with Crippen molar-refractivity contribution in [1.82, 2.24) is 0 Å². The van der Waals surface area contributed by atoms with Crippen LogP contribution in [0.5, 0.6) is 11.5 Å². The summed E-state index contributed by atoms with van der Waals surface area (Å²) in [6.07, 6.45) is 29.4. The topological polar surface area (TPSA) is 71.1 Å². The predicted molar refractivity (Wildman–Crippen MR) is 464 cm³/mol. The summed E-state index contributed by atoms with van der Waals surface area (Å²) in [5.74, 6) is 4.50. The summed E-state index contributed by atoms with van der Waals surface area (Å²) in [5.41, 5.74) is 23.5. The first-order valence-corrected chi connectivity index (χ1v) is 42.2. The van der Waals surface area contributed by atoms with Gasteiger partial charge in [-0.15, -0.1) is 0 Å². The molecule has 111 heavy (non-hydrogen) atoms. The zero-order chi connectivity index (χ0) is 76.2. The van der Waals surface area contributed by atoms with Crippen LogP contribution < -0.4 is 24.6 Å². The second-order valence-corrected chi connectivity index (χ2v) is 33.5. The number of carbonyl (C=O) groups excluding carboxylic acids is 2. The third-order valence-electron chi connectivity index (χ3n) is 26.1. The van der Waals surface area contributed by atoms with Crippen molar-refractivity contribution in [2.24, 2.45) is 11.8 Å². The number of carbonyl (C=O) groups is 2. The lowest BCUT2D eigenvalue weighted by atomic mass is 9.76. The van der Waals surface area contributed by atoms with E-state index in [9.17, 15) is 9.59 Å². The Labute approximate surface area is 660 Å². The fourth-order valence-corrected chi connectivity index (χ4v) is 19.4. The molecular weight excluding hydrogens is 1360 g/mol. The van der Waals surface area contributed by atoms with Crippen LogP contribution in [0.1, 0.15) is 238 Å². The zero-order valence-corrected chi connectivity index (χ0v) is 66.6. The summed E-state index contributed by atoms with van der Waals surface area (Å²) in [6.45, 7) is 17.5. The van der Waals surface area contributed by atoms with Gasteiger partial charge < -0.3 is 24.6 Å². The molecule has 1 N–H and O–H groups in total. The molecule has 3 fully saturated rings. The van der Waals surface area contributed by atoms with Gasteiger partial charge >= 0.3 is 0 Å². The van der Waals surface area contributed by atoms with Gasteiger partial charge in [0.25, 0.3) is 5.91 Å². The molecule has 566 valence electrons. The number of nitrogens with one attached hydrogen (secondary N) is 1. The Balaban J connectivity index is 0.699. The molecule has 16 rings (SSSR count). The molecule has 1 saturated heterocycles. The number of piperazine rings is 1. The smallest absolute Gasteiger partial charge is 0.255 e. The Bertz CT molecular complexity index is 5130. The number of rotatable bonds is 25. The Morgan fingerprint density at radius 1 is 0.486 bits per heavy atom. The molecule has 0 spiro atoms. The zero-order valence-electron chi connectivity index (χ0n) is 66.6. The number of hydrogen-bond donors (Lipinski definition) is 1. The quantitative estimate of drug-likeness (QED) is 0.0454. The number of hydrogen-bond acceptors (Lipinski definition) is 6. The minimum absolute atomic E-state index is 0.0361. The Kier molecular flexibility index (Phi) is 22.2. The molecule has 5 aliphatic rings. The highest BCUT2D eigenvalue weighted by atomic mass is 16.5. The van der Waals surface area contributed by atoms with E-state index < -0.39 is 11.0 Å². The monoisotopic (exact) mass is 1470 g/mol. The Hall–Kier alpha value is -10.2. The molecule has 1 unspecified atom stereocenters. The Morgan fingerprint density at radius 2 is 0.991 bits per heavy atom. The van der Waals surface area contributed by atoms with Crippen molar-refractivity contribution in [2.45, 2.75) is 186 Å². The summed E-state index contributed by atoms with van der Waals surface area (Å²) < 4.78 is 13.8. The number of ketones is 1. The van der Waals surface area contributed by atoms with Gasteiger partial charge in [0.05, 0.1) is 7.11 Å². The average molecular weight is 1470 g/mol. The lowest BCUT2D eigenvalue weighted by Gasteiger charge is -2.39. The van der Waals surface area contributed by atoms with Crippen molar-refractivity contribution in [3.05, 3.63) is 297 Å². The third kappa shape index (κ3) is 15.5. The lowest BCUT2D eigenvalue weighted by Crippen LogP contribution is -2.46. The van der Waals surface area contributed by atoms with E-state index in [4.69, 9.17) is 9.47 Å². The van der Waals surface area contributed by atoms with Crippen molar-refractivity contribution in [2.75, 3.05) is 48.4 Å². The van der Waals surface area contributed by atoms with E-state index >= 15 is 0 Å². The largest absolute Gasteiger partial charge is 0.497 e. The molecule has 7 nitrogen and oxygen atoms in total. The Morgan fingerprint density at radius 3 is 1.56 bits per heavy atom. The van der Waals surface area contributed by atoms with E-state index in [0.717, 1.165) is 128 Å². The number of ether oxygens (including phenoxy) is 2. The van der Waals surface area contributed by atoms with Gasteiger partial charge in [0.1, 0.15) is 11.5 Å². The molecule has 11 aromatic rings. The molecule has 2 heterocycles. The minimum Gasteiger partial charge on any atom is -0.497 e. The number of anilines is 3. The van der Waals surface area contributed by atoms with Gasteiger partial charge in [-0.05, 0) is 263 Å². The molecular formula is C104H111N3O4. The summed E-state index contributed by atoms with van der Waals surface area (Å²) in [7, 11) is 1.72. The van der Waals surface area contributed by atoms with Gasteiger partial charge in [0.15, 0.2) is 11.4 Å². The van der Waals surface area contributed by atoms with Crippen LogP contribution in [0.4, 0.5) is 17.1 Å². The van der Waals surface area contributed by atoms with Crippen molar-refractivity contribution >= 4 is 45.6 Å². The van der Waals surface area contributed by atoms with Crippen LogP contribution in [-0.2, 0) is 17.4 Å². The number of benzene rings is 11. The highest BCUT2D eigenvalue weighted by molar-refractivity contribution is 6.11. The second kappa shape index (κ2) is 33.0. The minimum atomic E-state index is -1.01. The van der Waals surface area contributed by atoms with Crippen LogP contribution in [0.25, 0.3) is 61.4 Å². The first kappa shape index (κ1) is 74.8. The van der Waals surface area contributed by atoms with Crippen molar-refractivity contribution < 1.29 is 19.1 Å². The van der Waals surface area contributed by atoms with Crippen LogP contribution in [-0.4, -0.2) is 45.0 Å². The highest BCUT2D eigenvalue weighted by Gasteiger charge is 2.45. The van der Waals surface area contributed by atoms with Crippen LogP contribution in [0.2, 0.25) is 0 Å². The summed E-state index contributed by atoms with van der Waals surface area (Å²) in [5, 5.41) is 5.32. The number of amides is 1. The lowest BCUT2D eigenvalue weighted by molar-refractivity contribution is 0.102. The van der Waals surface area contributed by atoms with Gasteiger partial charge in [-0.25, -0.2) is 0 Å². The van der Waals surface area contributed by atoms with Crippen LogP contribution >= 0.6 is 0 Å². The molecule has 3 aliphatic carbocycles. The number of nitrogens with zero attached hydrogens (tertiary/aromatic N) is 2. The SMILES string of the molecule is CCCCCC1CCC(c2ccc(C(=O)c3ccc(-c4ccc5c6c(c7c(c5c4)-c4cc(-c5ccc(C(=O)Nc8ccc(-c9ccc(C%10CCC(CCCCC)CC%10)cc9)cc8)cc5C)ccc4C7(C)C)C=CC(c4ccc(OC)cc4)(c4ccc(N5CCN(c7ccc(CCCC)cc7)CC5)cc4)O6)cc3)cc2)CC1. The first-order valence-electron chi connectivity index (χ1n) is 42.2. The van der Waals surface area contributed by atoms with E-state index in [2.05, 4.69) is 245 Å². The normalized spacial score (nSPS) is 19.1. The molecule has 2 aliphatic heterocycles. The van der Waals surface area contributed by atoms with Gasteiger partial charge in [0, 0.05) is 87.4 Å². The number of unbranched alkanes of at least 4 members (excludes halogenated alkanes) is 5. The van der Waals surface area contributed by atoms with Crippen molar-refractivity contribution in [3.63, 3.8) is 0 Å². The van der Waals surface area contributed by atoms with E-state index in [1.54, 1.807) is 7.11 Å². The molecule has 7 heteroatoms. The molecule has 11 aromatic carbocycles. The molecule has 0 aromatic heterocycles. The molecule has 0 radical (unpaired) electrons. The second-order valence-electron chi connectivity index (χ2n) is 33.5. The molecule has 1 atom stereocenters. The summed E-state index contributed by atoms with van der Waals surface area (Å²) in [6, 6.07) is 80.9. The van der Waals surface area contributed by atoms with E-state index in [0.29, 0.717) is 23.0 Å². The highest BCUT2D eigenvalue weighted by Crippen LogP contribution is 2.59. The first-order chi connectivity index (χ1) is 54.3. The standard InChI is InChI=1S/C104H111N3O4/c1-8-11-14-17-72-19-25-74(26-20-72)76-29-31-77(32-30-76)79-41-50-88(51-42-79)105-102(109)85-44-58-92(70(4)67-85)84-45-60-97-96(69-84)98-95-68-83(80-35-39-82(40-36-80)100(108)81-37-33-78(34-38-81)75-27-21-73(22-28-75)18-15-12-9-2)43-59-93(95)101-94(99(98)103(97,5)6)61-62-104(111-101,87-48-56-91(110-7)57-49-87)86-46-54-90(55-47-86)107-65-63-106(64-66-107)89-52-23-71(24-53-89)16-13-10-3/h23-24,29-62,67-69,72-75H,8-22,25-28,63-66H2,1-7H3,(H,105,109). The number of fused-ring (bicyclic) bond motifs is 8. The van der Waals surface area contributed by atoms with Crippen molar-refractivity contribution in [1.29, 1.82) is 0 Å². The van der Waals surface area contributed by atoms with Crippen LogP contribution in [0.15, 0.2) is 231 Å². The summed E-state index contributed by atoms with van der Waals surface area (Å²) >= 11 is 0. The fraction of sp³-hybridized carbons (Fsp3) is 0.346. The average Bonchev–Trinajstić information content (AvgIpc) is 1.56. The van der Waals surface area contributed by atoms with Gasteiger partial charge in [-0.1, -0.05) is 244 Å². The maximum Gasteiger partial charge on any atom is 0.255 e. The van der Waals surface area contributed by atoms with Gasteiger partial charge in [0.2, 0.25) is 0 Å². The summed E-state index contributed by atoms with van der Waals surface area (Å²) in [4.78, 5) is 33.6.